The Morgan fingerprint density at radius 2 is 1.05 bits per heavy atom. The van der Waals surface area contributed by atoms with E-state index in [1.165, 1.54) is 5.39 Å². The van der Waals surface area contributed by atoms with Crippen molar-refractivity contribution >= 4 is 43.1 Å². The average Bonchev–Trinajstić information content (AvgIpc) is 2.87. The monoisotopic (exact) mass is 280 g/mol. The lowest BCUT2D eigenvalue weighted by molar-refractivity contribution is 1.77. The van der Waals surface area contributed by atoms with Crippen molar-refractivity contribution in [2.75, 3.05) is 0 Å². The van der Waals surface area contributed by atoms with E-state index in [0.717, 1.165) is 37.7 Å². The van der Waals surface area contributed by atoms with E-state index in [-0.39, 0.29) is 5.43 Å². The minimum atomic E-state index is 0.134. The van der Waals surface area contributed by atoms with Gasteiger partial charge in [0, 0.05) is 21.5 Å². The van der Waals surface area contributed by atoms with Crippen LogP contribution in [0.4, 0.5) is 0 Å². The molecule has 0 unspecified atom stereocenters. The molecule has 0 N–H and O–H groups in total. The second kappa shape index (κ2) is 4.05. The molecule has 1 heteroatoms. The fraction of sp³-hybridized carbons (Fsp3) is 0. The molecule has 0 aliphatic heterocycles. The van der Waals surface area contributed by atoms with E-state index in [0.29, 0.717) is 0 Å². The highest BCUT2D eigenvalue weighted by molar-refractivity contribution is 6.27. The number of fused-ring (bicyclic) bond motifs is 4. The fourth-order valence-electron chi connectivity index (χ4n) is 3.62. The topological polar surface area (TPSA) is 17.1 Å². The quantitative estimate of drug-likeness (QED) is 0.361. The first-order chi connectivity index (χ1) is 10.8. The third-order valence-electron chi connectivity index (χ3n) is 4.59. The van der Waals surface area contributed by atoms with Gasteiger partial charge in [-0.2, -0.15) is 0 Å². The molecule has 5 rings (SSSR count). The second-order valence-electron chi connectivity index (χ2n) is 5.75. The Morgan fingerprint density at radius 3 is 1.86 bits per heavy atom. The Balaban J connectivity index is 2.29. The van der Waals surface area contributed by atoms with Crippen molar-refractivity contribution in [3.05, 3.63) is 83.0 Å². The Bertz CT molecular complexity index is 1230. The summed E-state index contributed by atoms with van der Waals surface area (Å²) in [5.74, 6) is 0. The fourth-order valence-corrected chi connectivity index (χ4v) is 3.62. The van der Waals surface area contributed by atoms with Crippen molar-refractivity contribution < 1.29 is 0 Å². The zero-order chi connectivity index (χ0) is 14.7. The second-order valence-corrected chi connectivity index (χ2v) is 5.75. The van der Waals surface area contributed by atoms with Gasteiger partial charge in [-0.1, -0.05) is 60.7 Å². The lowest BCUT2D eigenvalue weighted by Crippen LogP contribution is -2.01. The maximum Gasteiger partial charge on any atom is 0.194 e. The van der Waals surface area contributed by atoms with Gasteiger partial charge in [-0.3, -0.25) is 4.79 Å². The number of hydrogen-bond acceptors (Lipinski definition) is 1. The van der Waals surface area contributed by atoms with E-state index in [2.05, 4.69) is 30.3 Å². The van der Waals surface area contributed by atoms with Gasteiger partial charge in [0.2, 0.25) is 0 Å². The van der Waals surface area contributed by atoms with Gasteiger partial charge in [0.1, 0.15) is 0 Å². The van der Waals surface area contributed by atoms with Crippen molar-refractivity contribution in [2.45, 2.75) is 0 Å². The van der Waals surface area contributed by atoms with Crippen molar-refractivity contribution in [2.24, 2.45) is 0 Å². The molecule has 0 radical (unpaired) electrons. The number of hydrogen-bond donors (Lipinski definition) is 0. The molecular formula is C21H12O. The first-order valence-corrected chi connectivity index (χ1v) is 7.43. The van der Waals surface area contributed by atoms with Crippen molar-refractivity contribution in [3.8, 4) is 0 Å². The Morgan fingerprint density at radius 1 is 0.455 bits per heavy atom. The predicted octanol–water partition coefficient (Wildman–Crippen LogP) is 5.10. The van der Waals surface area contributed by atoms with Crippen LogP contribution in [0.25, 0.3) is 43.1 Å². The molecule has 0 saturated carbocycles. The highest BCUT2D eigenvalue weighted by Gasteiger charge is 2.13. The molecule has 0 atom stereocenters. The van der Waals surface area contributed by atoms with Crippen molar-refractivity contribution in [1.82, 2.24) is 0 Å². The molecule has 22 heavy (non-hydrogen) atoms. The van der Waals surface area contributed by atoms with Crippen LogP contribution in [0.1, 0.15) is 0 Å². The zero-order valence-corrected chi connectivity index (χ0v) is 11.8. The molecule has 1 nitrogen and oxygen atoms in total. The molecule has 5 aromatic rings. The maximum atomic E-state index is 12.9. The number of rotatable bonds is 0. The number of benzene rings is 3. The first-order valence-electron chi connectivity index (χ1n) is 7.43. The molecule has 0 saturated heterocycles. The molecule has 0 amide bonds. The smallest absolute Gasteiger partial charge is 0.194 e. The van der Waals surface area contributed by atoms with Gasteiger partial charge < -0.3 is 0 Å². The van der Waals surface area contributed by atoms with Gasteiger partial charge in [0.25, 0.3) is 0 Å². The summed E-state index contributed by atoms with van der Waals surface area (Å²) in [6.45, 7) is 0. The molecule has 0 aliphatic rings. The van der Waals surface area contributed by atoms with E-state index in [1.54, 1.807) is 0 Å². The van der Waals surface area contributed by atoms with Crippen LogP contribution in [0.3, 0.4) is 0 Å². The molecule has 102 valence electrons. The summed E-state index contributed by atoms with van der Waals surface area (Å²) in [6.07, 6.45) is 0. The van der Waals surface area contributed by atoms with Crippen LogP contribution in [0, 0.1) is 0 Å². The highest BCUT2D eigenvalue weighted by Crippen LogP contribution is 2.34. The molecular weight excluding hydrogens is 268 g/mol. The van der Waals surface area contributed by atoms with Crippen LogP contribution < -0.4 is 5.43 Å². The Hall–Kier alpha value is -2.93. The summed E-state index contributed by atoms with van der Waals surface area (Å²) in [6, 6.07) is 24.6. The van der Waals surface area contributed by atoms with E-state index >= 15 is 0 Å². The van der Waals surface area contributed by atoms with Crippen molar-refractivity contribution in [1.29, 1.82) is 0 Å². The van der Waals surface area contributed by atoms with E-state index in [4.69, 9.17) is 0 Å². The Labute approximate surface area is 126 Å². The molecule has 0 spiro atoms. The van der Waals surface area contributed by atoms with Crippen LogP contribution >= 0.6 is 0 Å². The molecule has 0 bridgehead atoms. The summed E-state index contributed by atoms with van der Waals surface area (Å²) in [4.78, 5) is 12.9. The van der Waals surface area contributed by atoms with Crippen molar-refractivity contribution in [3.63, 3.8) is 0 Å². The molecule has 0 aromatic heterocycles. The average molecular weight is 280 g/mol. The summed E-state index contributed by atoms with van der Waals surface area (Å²) >= 11 is 0. The minimum Gasteiger partial charge on any atom is -0.289 e. The van der Waals surface area contributed by atoms with E-state index in [9.17, 15) is 4.79 Å². The van der Waals surface area contributed by atoms with Crippen LogP contribution in [-0.4, -0.2) is 0 Å². The summed E-state index contributed by atoms with van der Waals surface area (Å²) < 4.78 is 0. The first kappa shape index (κ1) is 11.7. The largest absolute Gasteiger partial charge is 0.289 e. The summed E-state index contributed by atoms with van der Waals surface area (Å²) in [5.41, 5.74) is 0.134. The van der Waals surface area contributed by atoms with Crippen LogP contribution in [0.2, 0.25) is 0 Å². The van der Waals surface area contributed by atoms with Gasteiger partial charge >= 0.3 is 0 Å². The lowest BCUT2D eigenvalue weighted by Gasteiger charge is -2.07. The SMILES string of the molecule is O=c1c2ccc3ccccc(c32)c2c1ccc1ccccc12. The van der Waals surface area contributed by atoms with Crippen LogP contribution in [-0.2, 0) is 0 Å². The maximum absolute atomic E-state index is 12.9. The normalized spacial score (nSPS) is 11.8. The van der Waals surface area contributed by atoms with Gasteiger partial charge in [-0.05, 0) is 33.7 Å². The van der Waals surface area contributed by atoms with E-state index < -0.39 is 0 Å². The third-order valence-corrected chi connectivity index (χ3v) is 4.59. The standard InChI is InChI=1S/C21H12O/c22-21-17-12-10-14-6-2-4-8-16(19(14)17)20-15-7-3-1-5-13(15)9-11-18(20)21/h1-12H. The zero-order valence-electron chi connectivity index (χ0n) is 11.8. The minimum absolute atomic E-state index is 0.134. The molecule has 0 aliphatic carbocycles. The predicted molar refractivity (Wildman–Crippen MR) is 93.9 cm³/mol. The van der Waals surface area contributed by atoms with E-state index in [1.807, 2.05) is 42.5 Å². The molecule has 5 aromatic carbocycles. The highest BCUT2D eigenvalue weighted by atomic mass is 16.1. The van der Waals surface area contributed by atoms with Crippen LogP contribution in [0.15, 0.2) is 77.6 Å². The molecule has 0 heterocycles. The van der Waals surface area contributed by atoms with Gasteiger partial charge in [0.05, 0.1) is 0 Å². The van der Waals surface area contributed by atoms with Gasteiger partial charge in [-0.25, -0.2) is 0 Å². The Kier molecular flexibility index (Phi) is 2.15. The lowest BCUT2D eigenvalue weighted by atomic mass is 9.96. The summed E-state index contributed by atoms with van der Waals surface area (Å²) in [5, 5.41) is 8.39. The third kappa shape index (κ3) is 1.35. The van der Waals surface area contributed by atoms with Crippen LogP contribution in [0.5, 0.6) is 0 Å². The molecule has 0 fully saturated rings. The van der Waals surface area contributed by atoms with Gasteiger partial charge in [-0.15, -0.1) is 0 Å². The summed E-state index contributed by atoms with van der Waals surface area (Å²) in [7, 11) is 0. The van der Waals surface area contributed by atoms with Gasteiger partial charge in [0.15, 0.2) is 5.43 Å².